The highest BCUT2D eigenvalue weighted by Crippen LogP contribution is 2.26. The highest BCUT2D eigenvalue weighted by Gasteiger charge is 2.28. The van der Waals surface area contributed by atoms with Gasteiger partial charge < -0.3 is 14.7 Å². The zero-order valence-electron chi connectivity index (χ0n) is 12.5. The minimum atomic E-state index is -0.818. The van der Waals surface area contributed by atoms with Gasteiger partial charge in [-0.05, 0) is 56.4 Å². The molecule has 5 nitrogen and oxygen atoms in total. The molecule has 1 saturated heterocycles. The normalized spacial score (nSPS) is 22.0. The van der Waals surface area contributed by atoms with Crippen molar-refractivity contribution in [3.8, 4) is 5.75 Å². The molecule has 1 atom stereocenters. The molecule has 2 aliphatic rings. The zero-order valence-corrected chi connectivity index (χ0v) is 12.5. The molecule has 1 aromatic rings. The Kier molecular flexibility index (Phi) is 4.32. The number of hydrogen-bond donors (Lipinski definition) is 1. The molecule has 0 radical (unpaired) electrons. The van der Waals surface area contributed by atoms with Gasteiger partial charge in [0.1, 0.15) is 5.75 Å². The van der Waals surface area contributed by atoms with Crippen molar-refractivity contribution in [2.24, 2.45) is 5.92 Å². The summed E-state index contributed by atoms with van der Waals surface area (Å²) in [6.45, 7) is 0.928. The molecule has 1 amide bonds. The van der Waals surface area contributed by atoms with Gasteiger partial charge in [-0.2, -0.15) is 0 Å². The van der Waals surface area contributed by atoms with Gasteiger partial charge in [-0.3, -0.25) is 9.59 Å². The van der Waals surface area contributed by atoms with Gasteiger partial charge in [-0.25, -0.2) is 0 Å². The Morgan fingerprint density at radius 2 is 1.82 bits per heavy atom. The van der Waals surface area contributed by atoms with E-state index >= 15 is 0 Å². The molecule has 5 heteroatoms. The van der Waals surface area contributed by atoms with Crippen LogP contribution in [0, 0.1) is 5.92 Å². The second-order valence-electron chi connectivity index (χ2n) is 6.12. The van der Waals surface area contributed by atoms with Crippen LogP contribution in [-0.2, 0) is 4.79 Å². The maximum Gasteiger partial charge on any atom is 0.308 e. The minimum absolute atomic E-state index is 0.0962. The number of rotatable bonds is 4. The molecule has 0 bridgehead atoms. The van der Waals surface area contributed by atoms with Crippen LogP contribution in [0.1, 0.15) is 42.5 Å². The van der Waals surface area contributed by atoms with Gasteiger partial charge in [0.15, 0.2) is 0 Å². The largest absolute Gasteiger partial charge is 0.490 e. The molecule has 2 fully saturated rings. The molecule has 118 valence electrons. The van der Waals surface area contributed by atoms with Crippen LogP contribution in [0.5, 0.6) is 5.75 Å². The SMILES string of the molecule is O=C(O)C1CCCN(C(=O)c2ccc(OC3CCC3)cc2)C1. The van der Waals surface area contributed by atoms with E-state index in [2.05, 4.69) is 0 Å². The van der Waals surface area contributed by atoms with Gasteiger partial charge in [-0.15, -0.1) is 0 Å². The van der Waals surface area contributed by atoms with Gasteiger partial charge in [0, 0.05) is 18.7 Å². The van der Waals surface area contributed by atoms with Gasteiger partial charge >= 0.3 is 5.97 Å². The van der Waals surface area contributed by atoms with Crippen molar-refractivity contribution in [2.75, 3.05) is 13.1 Å². The summed E-state index contributed by atoms with van der Waals surface area (Å²) in [6, 6.07) is 7.18. The fourth-order valence-electron chi connectivity index (χ4n) is 2.90. The Hall–Kier alpha value is -2.04. The summed E-state index contributed by atoms with van der Waals surface area (Å²) in [6.07, 6.45) is 5.13. The quantitative estimate of drug-likeness (QED) is 0.928. The highest BCUT2D eigenvalue weighted by molar-refractivity contribution is 5.94. The molecule has 0 spiro atoms. The van der Waals surface area contributed by atoms with Gasteiger partial charge in [0.2, 0.25) is 0 Å². The number of hydrogen-bond acceptors (Lipinski definition) is 3. The smallest absolute Gasteiger partial charge is 0.308 e. The number of benzene rings is 1. The molecule has 0 aromatic heterocycles. The van der Waals surface area contributed by atoms with E-state index in [-0.39, 0.29) is 5.91 Å². The molecule has 22 heavy (non-hydrogen) atoms. The Morgan fingerprint density at radius 3 is 2.41 bits per heavy atom. The third kappa shape index (κ3) is 3.24. The van der Waals surface area contributed by atoms with Crippen molar-refractivity contribution >= 4 is 11.9 Å². The van der Waals surface area contributed by atoms with E-state index < -0.39 is 11.9 Å². The van der Waals surface area contributed by atoms with Crippen molar-refractivity contribution in [1.82, 2.24) is 4.90 Å². The van der Waals surface area contributed by atoms with Gasteiger partial charge in [0.25, 0.3) is 5.91 Å². The summed E-state index contributed by atoms with van der Waals surface area (Å²) in [5.74, 6) is -0.565. The van der Waals surface area contributed by atoms with E-state index in [1.54, 1.807) is 17.0 Å². The van der Waals surface area contributed by atoms with Crippen LogP contribution < -0.4 is 4.74 Å². The second kappa shape index (κ2) is 6.38. The summed E-state index contributed by atoms with van der Waals surface area (Å²) in [5.41, 5.74) is 0.590. The maximum atomic E-state index is 12.5. The zero-order chi connectivity index (χ0) is 15.5. The summed E-state index contributed by atoms with van der Waals surface area (Å²) < 4.78 is 5.78. The lowest BCUT2D eigenvalue weighted by Gasteiger charge is -2.31. The van der Waals surface area contributed by atoms with Crippen LogP contribution in [-0.4, -0.2) is 41.1 Å². The van der Waals surface area contributed by atoms with Crippen molar-refractivity contribution in [3.63, 3.8) is 0 Å². The molecule has 3 rings (SSSR count). The van der Waals surface area contributed by atoms with Gasteiger partial charge in [0.05, 0.1) is 12.0 Å². The average Bonchev–Trinajstić information content (AvgIpc) is 2.51. The van der Waals surface area contributed by atoms with Crippen LogP contribution in [0.2, 0.25) is 0 Å². The predicted molar refractivity (Wildman–Crippen MR) is 81.0 cm³/mol. The third-order valence-electron chi connectivity index (χ3n) is 4.51. The number of likely N-dealkylation sites (tertiary alicyclic amines) is 1. The summed E-state index contributed by atoms with van der Waals surface area (Å²) in [7, 11) is 0. The molecule has 1 aliphatic heterocycles. The second-order valence-corrected chi connectivity index (χ2v) is 6.12. The number of carboxylic acids is 1. The number of nitrogens with zero attached hydrogens (tertiary/aromatic N) is 1. The monoisotopic (exact) mass is 303 g/mol. The van der Waals surface area contributed by atoms with E-state index in [1.165, 1.54) is 6.42 Å². The number of carbonyl (C=O) groups is 2. The first-order valence-electron chi connectivity index (χ1n) is 7.92. The van der Waals surface area contributed by atoms with Crippen LogP contribution in [0.25, 0.3) is 0 Å². The molecule has 1 N–H and O–H groups in total. The summed E-state index contributed by atoms with van der Waals surface area (Å²) in [4.78, 5) is 25.2. The molecular weight excluding hydrogens is 282 g/mol. The van der Waals surface area contributed by atoms with Crippen molar-refractivity contribution < 1.29 is 19.4 Å². The Morgan fingerprint density at radius 1 is 1.09 bits per heavy atom. The first-order chi connectivity index (χ1) is 10.6. The van der Waals surface area contributed by atoms with E-state index in [1.807, 2.05) is 12.1 Å². The van der Waals surface area contributed by atoms with Crippen LogP contribution in [0.15, 0.2) is 24.3 Å². The molecular formula is C17H21NO4. The Balaban J connectivity index is 1.62. The number of amides is 1. The fraction of sp³-hybridized carbons (Fsp3) is 0.529. The molecule has 1 aromatic carbocycles. The number of piperidine rings is 1. The Bertz CT molecular complexity index is 550. The lowest BCUT2D eigenvalue weighted by molar-refractivity contribution is -0.143. The molecule has 1 saturated carbocycles. The predicted octanol–water partition coefficient (Wildman–Crippen LogP) is 2.55. The lowest BCUT2D eigenvalue weighted by Crippen LogP contribution is -2.42. The lowest BCUT2D eigenvalue weighted by atomic mass is 9.96. The first kappa shape index (κ1) is 14.9. The Labute approximate surface area is 129 Å². The first-order valence-corrected chi connectivity index (χ1v) is 7.92. The summed E-state index contributed by atoms with van der Waals surface area (Å²) in [5, 5.41) is 9.10. The van der Waals surface area contributed by atoms with E-state index in [0.29, 0.717) is 31.2 Å². The number of ether oxygens (including phenoxy) is 1. The fourth-order valence-corrected chi connectivity index (χ4v) is 2.90. The van der Waals surface area contributed by atoms with E-state index in [9.17, 15) is 9.59 Å². The van der Waals surface area contributed by atoms with Crippen molar-refractivity contribution in [1.29, 1.82) is 0 Å². The number of carboxylic acid groups (broad SMARTS) is 1. The number of carbonyl (C=O) groups excluding carboxylic acids is 1. The van der Waals surface area contributed by atoms with Crippen LogP contribution in [0.3, 0.4) is 0 Å². The van der Waals surface area contributed by atoms with Crippen molar-refractivity contribution in [3.05, 3.63) is 29.8 Å². The highest BCUT2D eigenvalue weighted by atomic mass is 16.5. The maximum absolute atomic E-state index is 12.5. The standard InChI is InChI=1S/C17H21NO4/c19-16(18-10-2-3-13(11-18)17(20)21)12-6-8-15(9-7-12)22-14-4-1-5-14/h6-9,13-14H,1-5,10-11H2,(H,20,21). The topological polar surface area (TPSA) is 66.8 Å². The minimum Gasteiger partial charge on any atom is -0.490 e. The average molecular weight is 303 g/mol. The number of aliphatic carboxylic acids is 1. The van der Waals surface area contributed by atoms with Crippen molar-refractivity contribution in [2.45, 2.75) is 38.2 Å². The third-order valence-corrected chi connectivity index (χ3v) is 4.51. The molecule has 1 unspecified atom stereocenters. The summed E-state index contributed by atoms with van der Waals surface area (Å²) >= 11 is 0. The van der Waals surface area contributed by atoms with Gasteiger partial charge in [-0.1, -0.05) is 0 Å². The molecule has 1 aliphatic carbocycles. The van der Waals surface area contributed by atoms with E-state index in [0.717, 1.165) is 25.0 Å². The molecule has 1 heterocycles. The van der Waals surface area contributed by atoms with Crippen LogP contribution >= 0.6 is 0 Å². The van der Waals surface area contributed by atoms with Crippen LogP contribution in [0.4, 0.5) is 0 Å². The van der Waals surface area contributed by atoms with E-state index in [4.69, 9.17) is 9.84 Å².